The number of carbonyl (C=O) groups excluding carboxylic acids is 2. The quantitative estimate of drug-likeness (QED) is 0.313. The molecule has 0 bridgehead atoms. The Hall–Kier alpha value is -3.17. The molecule has 1 aromatic carbocycles. The zero-order valence-electron chi connectivity index (χ0n) is 19.0. The van der Waals surface area contributed by atoms with E-state index < -0.39 is 0 Å². The molecule has 0 radical (unpaired) electrons. The van der Waals surface area contributed by atoms with Crippen molar-refractivity contribution >= 4 is 41.6 Å². The topological polar surface area (TPSA) is 108 Å². The van der Waals surface area contributed by atoms with Gasteiger partial charge in [0.1, 0.15) is 11.3 Å². The smallest absolute Gasteiger partial charge is 0.270 e. The van der Waals surface area contributed by atoms with Crippen molar-refractivity contribution in [2.45, 2.75) is 37.8 Å². The van der Waals surface area contributed by atoms with Gasteiger partial charge in [0.05, 0.1) is 30.1 Å². The second-order valence-corrected chi connectivity index (χ2v) is 8.94. The Labute approximate surface area is 197 Å². The van der Waals surface area contributed by atoms with E-state index in [1.165, 1.54) is 6.20 Å². The Balaban J connectivity index is 1.76. The van der Waals surface area contributed by atoms with Crippen LogP contribution in [0.2, 0.25) is 0 Å². The fourth-order valence-electron chi connectivity index (χ4n) is 3.60. The van der Waals surface area contributed by atoms with Crippen LogP contribution in [0, 0.1) is 5.92 Å². The largest absolute Gasteiger partial charge is 0.394 e. The molecule has 0 unspecified atom stereocenters. The highest BCUT2D eigenvalue weighted by atomic mass is 32.2. The zero-order chi connectivity index (χ0) is 24.0. The van der Waals surface area contributed by atoms with Crippen molar-refractivity contribution in [1.82, 2.24) is 20.0 Å². The number of imidazole rings is 1. The summed E-state index contributed by atoms with van der Waals surface area (Å²) in [6.45, 7) is 7.83. The third kappa shape index (κ3) is 5.80. The van der Waals surface area contributed by atoms with E-state index in [0.717, 1.165) is 16.1 Å². The molecule has 2 amide bonds. The number of amides is 2. The summed E-state index contributed by atoms with van der Waals surface area (Å²) in [6.07, 6.45) is 5.76. The number of hydrogen-bond donors (Lipinski definition) is 3. The third-order valence-electron chi connectivity index (χ3n) is 5.19. The van der Waals surface area contributed by atoms with Crippen LogP contribution in [0.1, 0.15) is 46.7 Å². The van der Waals surface area contributed by atoms with E-state index in [1.807, 2.05) is 38.3 Å². The van der Waals surface area contributed by atoms with Gasteiger partial charge < -0.3 is 15.7 Å². The molecule has 1 atom stereocenters. The van der Waals surface area contributed by atoms with E-state index in [-0.39, 0.29) is 24.5 Å². The number of aliphatic hydroxyl groups excluding tert-OH is 1. The molecule has 0 fully saturated rings. The zero-order valence-corrected chi connectivity index (χ0v) is 19.9. The summed E-state index contributed by atoms with van der Waals surface area (Å²) in [5, 5.41) is 15.3. The number of benzene rings is 1. The molecule has 0 aliphatic rings. The van der Waals surface area contributed by atoms with Crippen LogP contribution >= 0.6 is 11.8 Å². The number of carbonyl (C=O) groups is 2. The number of aromatic nitrogens is 2. The number of hydrogen-bond acceptors (Lipinski definition) is 6. The van der Waals surface area contributed by atoms with Gasteiger partial charge in [-0.25, -0.2) is 4.98 Å². The van der Waals surface area contributed by atoms with E-state index >= 15 is 0 Å². The van der Waals surface area contributed by atoms with Gasteiger partial charge in [-0.3, -0.25) is 19.0 Å². The first-order valence-corrected chi connectivity index (χ1v) is 11.9. The summed E-state index contributed by atoms with van der Waals surface area (Å²) < 4.78 is 1.59. The molecule has 0 aliphatic heterocycles. The summed E-state index contributed by atoms with van der Waals surface area (Å²) in [5.74, 6) is -0.306. The van der Waals surface area contributed by atoms with Gasteiger partial charge in [-0.2, -0.15) is 0 Å². The Morgan fingerprint density at radius 3 is 2.73 bits per heavy atom. The Morgan fingerprint density at radius 2 is 2.06 bits per heavy atom. The Kier molecular flexibility index (Phi) is 8.24. The molecule has 2 heterocycles. The molecule has 2 aromatic heterocycles. The summed E-state index contributed by atoms with van der Waals surface area (Å²) in [6, 6.07) is 8.78. The Morgan fingerprint density at radius 1 is 1.27 bits per heavy atom. The maximum Gasteiger partial charge on any atom is 0.270 e. The van der Waals surface area contributed by atoms with E-state index in [1.54, 1.807) is 34.5 Å². The molecule has 0 aliphatic carbocycles. The summed E-state index contributed by atoms with van der Waals surface area (Å²) in [5.41, 5.74) is 2.81. The maximum atomic E-state index is 12.9. The van der Waals surface area contributed by atoms with Crippen molar-refractivity contribution in [3.8, 4) is 0 Å². The highest BCUT2D eigenvalue weighted by molar-refractivity contribution is 7.98. The molecule has 0 spiro atoms. The first-order chi connectivity index (χ1) is 15.9. The van der Waals surface area contributed by atoms with Gasteiger partial charge in [-0.05, 0) is 55.1 Å². The van der Waals surface area contributed by atoms with Gasteiger partial charge in [-0.15, -0.1) is 11.8 Å². The number of aliphatic hydroxyl groups is 1. The molecular formula is C24H29N5O3S. The lowest BCUT2D eigenvalue weighted by Crippen LogP contribution is -2.38. The molecule has 3 rings (SSSR count). The van der Waals surface area contributed by atoms with Crippen LogP contribution in [0.15, 0.2) is 52.6 Å². The predicted octanol–water partition coefficient (Wildman–Crippen LogP) is 3.46. The number of thioether (sulfide) groups is 1. The number of rotatable bonds is 10. The fourth-order valence-corrected chi connectivity index (χ4v) is 4.21. The summed E-state index contributed by atoms with van der Waals surface area (Å²) in [7, 11) is 0. The number of pyridine rings is 1. The number of nitrogens with one attached hydrogen (secondary N) is 2. The van der Waals surface area contributed by atoms with Crippen LogP contribution in [0.4, 0.5) is 5.69 Å². The number of nitrogens with zero attached hydrogens (tertiary/aromatic N) is 3. The first kappa shape index (κ1) is 24.5. The van der Waals surface area contributed by atoms with Crippen LogP contribution in [-0.4, -0.2) is 51.9 Å². The minimum absolute atomic E-state index is 0.142. The standard InChI is InChI=1S/C24H29N5O3S/c1-15(2)10-17(14-30)28-24(32)20-13-26-22-18(6-5-9-29(20)22)23(31)27-12-16-7-8-19(25-3)21(11-16)33-4/h5-9,11,13,15,17,30H,3,10,12,14H2,1-2,4H3,(H,27,31)(H,28,32)/t17-/m0/s1. The molecule has 9 heteroatoms. The van der Waals surface area contributed by atoms with Crippen molar-refractivity contribution in [2.24, 2.45) is 10.9 Å². The van der Waals surface area contributed by atoms with Crippen LogP contribution in [-0.2, 0) is 6.54 Å². The summed E-state index contributed by atoms with van der Waals surface area (Å²) >= 11 is 1.57. The lowest BCUT2D eigenvalue weighted by molar-refractivity contribution is 0.0900. The highest BCUT2D eigenvalue weighted by Gasteiger charge is 2.20. The Bertz CT molecular complexity index is 1160. The van der Waals surface area contributed by atoms with Crippen molar-refractivity contribution in [3.63, 3.8) is 0 Å². The molecule has 33 heavy (non-hydrogen) atoms. The first-order valence-electron chi connectivity index (χ1n) is 10.7. The monoisotopic (exact) mass is 467 g/mol. The molecule has 0 saturated carbocycles. The second-order valence-electron chi connectivity index (χ2n) is 8.09. The summed E-state index contributed by atoms with van der Waals surface area (Å²) in [4.78, 5) is 35.0. The van der Waals surface area contributed by atoms with E-state index in [2.05, 4.69) is 27.3 Å². The molecule has 3 aromatic rings. The highest BCUT2D eigenvalue weighted by Crippen LogP contribution is 2.28. The normalized spacial score (nSPS) is 12.0. The van der Waals surface area contributed by atoms with Crippen LogP contribution in [0.3, 0.4) is 0 Å². The van der Waals surface area contributed by atoms with Gasteiger partial charge in [0.2, 0.25) is 0 Å². The maximum absolute atomic E-state index is 12.9. The SMILES string of the molecule is C=Nc1ccc(CNC(=O)c2cccn3c(C(=O)N[C@H](CO)CC(C)C)cnc23)cc1SC. The van der Waals surface area contributed by atoms with E-state index in [0.29, 0.717) is 35.8 Å². The average Bonchev–Trinajstić information content (AvgIpc) is 3.25. The van der Waals surface area contributed by atoms with Gasteiger partial charge in [0.15, 0.2) is 0 Å². The molecule has 0 saturated heterocycles. The van der Waals surface area contributed by atoms with Gasteiger partial charge in [0, 0.05) is 17.6 Å². The van der Waals surface area contributed by atoms with Gasteiger partial charge in [-0.1, -0.05) is 19.9 Å². The van der Waals surface area contributed by atoms with E-state index in [4.69, 9.17) is 0 Å². The number of aliphatic imine (C=N–C) groups is 1. The fraction of sp³-hybridized carbons (Fsp3) is 0.333. The van der Waals surface area contributed by atoms with Crippen LogP contribution in [0.5, 0.6) is 0 Å². The number of fused-ring (bicyclic) bond motifs is 1. The van der Waals surface area contributed by atoms with Crippen LogP contribution in [0.25, 0.3) is 5.65 Å². The van der Waals surface area contributed by atoms with Crippen molar-refractivity contribution in [3.05, 3.63) is 59.5 Å². The van der Waals surface area contributed by atoms with Gasteiger partial charge >= 0.3 is 0 Å². The van der Waals surface area contributed by atoms with Gasteiger partial charge in [0.25, 0.3) is 11.8 Å². The van der Waals surface area contributed by atoms with Crippen LogP contribution < -0.4 is 10.6 Å². The lowest BCUT2D eigenvalue weighted by atomic mass is 10.0. The van der Waals surface area contributed by atoms with Crippen molar-refractivity contribution in [2.75, 3.05) is 12.9 Å². The van der Waals surface area contributed by atoms with E-state index in [9.17, 15) is 14.7 Å². The third-order valence-corrected chi connectivity index (χ3v) is 5.96. The molecule has 8 nitrogen and oxygen atoms in total. The predicted molar refractivity (Wildman–Crippen MR) is 132 cm³/mol. The molecule has 174 valence electrons. The molecule has 3 N–H and O–H groups in total. The average molecular weight is 468 g/mol. The second kappa shape index (κ2) is 11.1. The van der Waals surface area contributed by atoms with Crippen molar-refractivity contribution < 1.29 is 14.7 Å². The van der Waals surface area contributed by atoms with Crippen molar-refractivity contribution in [1.29, 1.82) is 0 Å². The minimum atomic E-state index is -0.347. The minimum Gasteiger partial charge on any atom is -0.394 e. The lowest BCUT2D eigenvalue weighted by Gasteiger charge is -2.18. The molecular weight excluding hydrogens is 438 g/mol.